The monoisotopic (exact) mass is 374 g/mol. The molecule has 27 heavy (non-hydrogen) atoms. The highest BCUT2D eigenvalue weighted by Gasteiger charge is 2.25. The lowest BCUT2D eigenvalue weighted by atomic mass is 9.96. The van der Waals surface area contributed by atoms with E-state index in [0.29, 0.717) is 5.92 Å². The van der Waals surface area contributed by atoms with Crippen molar-refractivity contribution in [2.45, 2.75) is 39.3 Å². The third-order valence-corrected chi connectivity index (χ3v) is 4.30. The van der Waals surface area contributed by atoms with E-state index in [9.17, 15) is 19.3 Å². The number of nitrogens with one attached hydrogen (secondary N) is 1. The zero-order valence-electron chi connectivity index (χ0n) is 15.7. The van der Waals surface area contributed by atoms with Gasteiger partial charge in [0.05, 0.1) is 4.92 Å². The molecule has 0 aliphatic carbocycles. The van der Waals surface area contributed by atoms with Crippen molar-refractivity contribution in [1.82, 2.24) is 0 Å². The Morgan fingerprint density at radius 3 is 2.44 bits per heavy atom. The van der Waals surface area contributed by atoms with Crippen molar-refractivity contribution in [3.05, 3.63) is 70.0 Å². The van der Waals surface area contributed by atoms with Crippen LogP contribution >= 0.6 is 0 Å². The standard InChI is InChI=1S/C20H24FN3O3/c1-13(2)11-18(15-7-5-4-6-8-15)22-14(3)20(25)23-16-9-10-17(21)19(12-16)24(26)27/h4-10,12-14,18,22H,11H2,1-3H3,(H,23,25)/p+1/t14-,18+/m1/s1. The average Bonchev–Trinajstić information content (AvgIpc) is 2.62. The summed E-state index contributed by atoms with van der Waals surface area (Å²) in [5, 5.41) is 15.5. The minimum absolute atomic E-state index is 0.120. The summed E-state index contributed by atoms with van der Waals surface area (Å²) < 4.78 is 13.4. The van der Waals surface area contributed by atoms with Gasteiger partial charge in [0, 0.05) is 23.7 Å². The van der Waals surface area contributed by atoms with Crippen molar-refractivity contribution in [2.75, 3.05) is 5.32 Å². The van der Waals surface area contributed by atoms with Crippen LogP contribution in [0.4, 0.5) is 15.8 Å². The topological polar surface area (TPSA) is 88.8 Å². The molecule has 2 rings (SSSR count). The van der Waals surface area contributed by atoms with Gasteiger partial charge in [-0.3, -0.25) is 14.9 Å². The maximum Gasteiger partial charge on any atom is 0.306 e. The van der Waals surface area contributed by atoms with Gasteiger partial charge in [0.25, 0.3) is 5.91 Å². The Bertz CT molecular complexity index is 796. The Labute approximate surface area is 157 Å². The van der Waals surface area contributed by atoms with Crippen molar-refractivity contribution in [2.24, 2.45) is 5.92 Å². The van der Waals surface area contributed by atoms with Crippen LogP contribution in [0.1, 0.15) is 38.8 Å². The number of quaternary nitrogens is 1. The van der Waals surface area contributed by atoms with Gasteiger partial charge in [0.15, 0.2) is 6.04 Å². The highest BCUT2D eigenvalue weighted by molar-refractivity contribution is 5.93. The van der Waals surface area contributed by atoms with Gasteiger partial charge in [0.2, 0.25) is 5.82 Å². The third kappa shape index (κ3) is 5.86. The van der Waals surface area contributed by atoms with E-state index in [0.717, 1.165) is 24.1 Å². The second-order valence-electron chi connectivity index (χ2n) is 7.04. The normalized spacial score (nSPS) is 13.2. The zero-order valence-corrected chi connectivity index (χ0v) is 15.7. The van der Waals surface area contributed by atoms with Crippen LogP contribution in [0.5, 0.6) is 0 Å². The number of nitro groups is 1. The van der Waals surface area contributed by atoms with E-state index in [-0.39, 0.29) is 17.6 Å². The quantitative estimate of drug-likeness (QED) is 0.548. The van der Waals surface area contributed by atoms with Gasteiger partial charge >= 0.3 is 5.69 Å². The molecular formula is C20H25FN3O3+. The number of nitrogens with two attached hydrogens (primary N) is 1. The highest BCUT2D eigenvalue weighted by Crippen LogP contribution is 2.22. The smallest absolute Gasteiger partial charge is 0.306 e. The number of hydrogen-bond donors (Lipinski definition) is 2. The van der Waals surface area contributed by atoms with Crippen molar-refractivity contribution in [3.8, 4) is 0 Å². The summed E-state index contributed by atoms with van der Waals surface area (Å²) in [6.45, 7) is 6.04. The van der Waals surface area contributed by atoms with Crippen molar-refractivity contribution >= 4 is 17.3 Å². The number of anilines is 1. The van der Waals surface area contributed by atoms with E-state index in [1.54, 1.807) is 6.92 Å². The molecule has 2 aromatic carbocycles. The van der Waals surface area contributed by atoms with E-state index in [2.05, 4.69) is 19.2 Å². The first-order chi connectivity index (χ1) is 12.8. The second-order valence-corrected chi connectivity index (χ2v) is 7.04. The number of nitrogens with zero attached hydrogens (tertiary/aromatic N) is 1. The maximum absolute atomic E-state index is 13.4. The number of benzene rings is 2. The molecule has 0 aromatic heterocycles. The third-order valence-electron chi connectivity index (χ3n) is 4.30. The Morgan fingerprint density at radius 1 is 1.19 bits per heavy atom. The molecule has 0 fully saturated rings. The van der Waals surface area contributed by atoms with Crippen LogP contribution < -0.4 is 10.6 Å². The number of carbonyl (C=O) groups is 1. The first-order valence-corrected chi connectivity index (χ1v) is 8.92. The molecular weight excluding hydrogens is 349 g/mol. The van der Waals surface area contributed by atoms with E-state index in [4.69, 9.17) is 0 Å². The lowest BCUT2D eigenvalue weighted by Gasteiger charge is -2.21. The molecule has 6 nitrogen and oxygen atoms in total. The summed E-state index contributed by atoms with van der Waals surface area (Å²) in [7, 11) is 0. The molecule has 0 heterocycles. The number of amides is 1. The van der Waals surface area contributed by atoms with E-state index >= 15 is 0 Å². The maximum atomic E-state index is 13.4. The van der Waals surface area contributed by atoms with E-state index in [1.165, 1.54) is 6.07 Å². The molecule has 144 valence electrons. The van der Waals surface area contributed by atoms with Gasteiger partial charge in [-0.05, 0) is 25.0 Å². The van der Waals surface area contributed by atoms with Gasteiger partial charge in [-0.15, -0.1) is 0 Å². The van der Waals surface area contributed by atoms with Crippen LogP contribution in [0.15, 0.2) is 48.5 Å². The summed E-state index contributed by atoms with van der Waals surface area (Å²) >= 11 is 0. The Morgan fingerprint density at radius 2 is 1.85 bits per heavy atom. The zero-order chi connectivity index (χ0) is 20.0. The van der Waals surface area contributed by atoms with Gasteiger partial charge < -0.3 is 10.6 Å². The van der Waals surface area contributed by atoms with Crippen LogP contribution in [-0.4, -0.2) is 16.9 Å². The average molecular weight is 374 g/mol. The van der Waals surface area contributed by atoms with Crippen molar-refractivity contribution < 1.29 is 19.4 Å². The van der Waals surface area contributed by atoms with Crippen molar-refractivity contribution in [1.29, 1.82) is 0 Å². The number of halogens is 1. The summed E-state index contributed by atoms with van der Waals surface area (Å²) in [6, 6.07) is 13.0. The molecule has 2 aromatic rings. The number of hydrogen-bond acceptors (Lipinski definition) is 3. The summed E-state index contributed by atoms with van der Waals surface area (Å²) in [4.78, 5) is 22.6. The van der Waals surface area contributed by atoms with Crippen LogP contribution in [-0.2, 0) is 4.79 Å². The van der Waals surface area contributed by atoms with Gasteiger partial charge in [-0.2, -0.15) is 4.39 Å². The molecule has 0 spiro atoms. The molecule has 1 amide bonds. The molecule has 7 heteroatoms. The van der Waals surface area contributed by atoms with Gasteiger partial charge in [0.1, 0.15) is 6.04 Å². The van der Waals surface area contributed by atoms with Crippen LogP contribution in [0, 0.1) is 21.8 Å². The lowest BCUT2D eigenvalue weighted by Crippen LogP contribution is -2.92. The SMILES string of the molecule is CC(C)C[C@H]([NH2+][C@H](C)C(=O)Nc1ccc(F)c([N+](=O)[O-])c1)c1ccccc1. The summed E-state index contributed by atoms with van der Waals surface area (Å²) in [5.41, 5.74) is 0.683. The van der Waals surface area contributed by atoms with Gasteiger partial charge in [-0.25, -0.2) is 0 Å². The second kappa shape index (κ2) is 9.23. The highest BCUT2D eigenvalue weighted by atomic mass is 19.1. The first-order valence-electron chi connectivity index (χ1n) is 8.92. The molecule has 0 bridgehead atoms. The lowest BCUT2D eigenvalue weighted by molar-refractivity contribution is -0.714. The predicted octanol–water partition coefficient (Wildman–Crippen LogP) is 3.41. The van der Waals surface area contributed by atoms with E-state index < -0.39 is 22.5 Å². The predicted molar refractivity (Wildman–Crippen MR) is 102 cm³/mol. The summed E-state index contributed by atoms with van der Waals surface area (Å²) in [6.07, 6.45) is 0.906. The van der Waals surface area contributed by atoms with Crippen molar-refractivity contribution in [3.63, 3.8) is 0 Å². The Hall–Kier alpha value is -2.80. The van der Waals surface area contributed by atoms with Crippen LogP contribution in [0.3, 0.4) is 0 Å². The Kier molecular flexibility index (Phi) is 7.01. The molecule has 3 N–H and O–H groups in total. The molecule has 0 radical (unpaired) electrons. The molecule has 2 atom stereocenters. The fraction of sp³-hybridized carbons (Fsp3) is 0.350. The number of rotatable bonds is 8. The minimum Gasteiger partial charge on any atom is -0.330 e. The first kappa shape index (κ1) is 20.5. The fourth-order valence-electron chi connectivity index (χ4n) is 2.96. The Balaban J connectivity index is 2.09. The molecule has 0 aliphatic heterocycles. The van der Waals surface area contributed by atoms with E-state index in [1.807, 2.05) is 35.6 Å². The van der Waals surface area contributed by atoms with Crippen LogP contribution in [0.2, 0.25) is 0 Å². The minimum atomic E-state index is -0.932. The molecule has 0 saturated heterocycles. The fourth-order valence-corrected chi connectivity index (χ4v) is 2.96. The summed E-state index contributed by atoms with van der Waals surface area (Å²) in [5.74, 6) is -0.763. The van der Waals surface area contributed by atoms with Gasteiger partial charge in [-0.1, -0.05) is 44.2 Å². The molecule has 0 unspecified atom stereocenters. The molecule has 0 aliphatic rings. The largest absolute Gasteiger partial charge is 0.330 e. The number of carbonyl (C=O) groups excluding carboxylic acids is 1. The molecule has 0 saturated carbocycles. The number of nitro benzene ring substituents is 1. The van der Waals surface area contributed by atoms with Crippen LogP contribution in [0.25, 0.3) is 0 Å².